The number of hydrogen-bond acceptors (Lipinski definition) is 3. The largest absolute Gasteiger partial charge is 0.295 e. The number of H-pyrrole nitrogens is 1. The summed E-state index contributed by atoms with van der Waals surface area (Å²) in [6, 6.07) is 7.87. The average molecular weight is 308 g/mol. The first kappa shape index (κ1) is 15.4. The quantitative estimate of drug-likeness (QED) is 0.867. The van der Waals surface area contributed by atoms with Crippen molar-refractivity contribution >= 4 is 11.6 Å². The molecule has 0 atom stereocenters. The number of aryl methyl sites for hydroxylation is 1. The molecular weight excluding hydrogens is 288 g/mol. The summed E-state index contributed by atoms with van der Waals surface area (Å²) >= 11 is 0. The first-order valence-corrected chi connectivity index (χ1v) is 8.01. The number of aromatic amines is 1. The Morgan fingerprint density at radius 1 is 1.26 bits per heavy atom. The van der Waals surface area contributed by atoms with Gasteiger partial charge < -0.3 is 0 Å². The highest BCUT2D eigenvalue weighted by Gasteiger charge is 2.21. The SMILES string of the molecule is Cc1ccccc1-c1[nH]ncc1C(=O)CC1=CCCCCC1=O. The molecule has 1 heterocycles. The Balaban J connectivity index is 1.87. The molecule has 0 bridgehead atoms. The third-order valence-corrected chi connectivity index (χ3v) is 4.31. The summed E-state index contributed by atoms with van der Waals surface area (Å²) in [6.45, 7) is 2.00. The molecule has 0 radical (unpaired) electrons. The van der Waals surface area contributed by atoms with E-state index in [0.29, 0.717) is 17.6 Å². The Bertz CT molecular complexity index is 771. The second-order valence-electron chi connectivity index (χ2n) is 5.97. The molecule has 0 spiro atoms. The molecule has 4 heteroatoms. The third kappa shape index (κ3) is 3.31. The molecule has 0 unspecified atom stereocenters. The van der Waals surface area contributed by atoms with Crippen molar-refractivity contribution in [2.24, 2.45) is 0 Å². The number of benzene rings is 1. The number of carbonyl (C=O) groups is 2. The number of ketones is 2. The molecule has 4 nitrogen and oxygen atoms in total. The fraction of sp³-hybridized carbons (Fsp3) is 0.316. The maximum atomic E-state index is 12.7. The predicted molar refractivity (Wildman–Crippen MR) is 89.3 cm³/mol. The van der Waals surface area contributed by atoms with Gasteiger partial charge in [-0.3, -0.25) is 14.7 Å². The van der Waals surface area contributed by atoms with E-state index >= 15 is 0 Å². The zero-order chi connectivity index (χ0) is 16.2. The third-order valence-electron chi connectivity index (χ3n) is 4.31. The van der Waals surface area contributed by atoms with Crippen LogP contribution in [-0.2, 0) is 4.79 Å². The maximum Gasteiger partial charge on any atom is 0.171 e. The molecule has 0 saturated heterocycles. The second-order valence-corrected chi connectivity index (χ2v) is 5.97. The van der Waals surface area contributed by atoms with Crippen molar-refractivity contribution in [3.63, 3.8) is 0 Å². The number of rotatable bonds is 4. The zero-order valence-electron chi connectivity index (χ0n) is 13.3. The Hall–Kier alpha value is -2.49. The fourth-order valence-electron chi connectivity index (χ4n) is 2.98. The van der Waals surface area contributed by atoms with E-state index in [1.807, 2.05) is 37.3 Å². The number of nitrogens with one attached hydrogen (secondary N) is 1. The number of nitrogens with zero attached hydrogens (tertiary/aromatic N) is 1. The van der Waals surface area contributed by atoms with Crippen molar-refractivity contribution in [1.82, 2.24) is 10.2 Å². The van der Waals surface area contributed by atoms with E-state index in [4.69, 9.17) is 0 Å². The van der Waals surface area contributed by atoms with Crippen LogP contribution in [0.25, 0.3) is 11.3 Å². The summed E-state index contributed by atoms with van der Waals surface area (Å²) in [5.74, 6) is 0.0512. The summed E-state index contributed by atoms with van der Waals surface area (Å²) in [7, 11) is 0. The molecule has 1 aromatic heterocycles. The Morgan fingerprint density at radius 3 is 2.91 bits per heavy atom. The van der Waals surface area contributed by atoms with E-state index in [1.54, 1.807) is 6.20 Å². The van der Waals surface area contributed by atoms with E-state index in [1.165, 1.54) is 0 Å². The summed E-state index contributed by atoms with van der Waals surface area (Å²) < 4.78 is 0. The van der Waals surface area contributed by atoms with Gasteiger partial charge >= 0.3 is 0 Å². The predicted octanol–water partition coefficient (Wildman–Crippen LogP) is 4.03. The molecule has 3 rings (SSSR count). The molecule has 23 heavy (non-hydrogen) atoms. The van der Waals surface area contributed by atoms with Gasteiger partial charge in [0.1, 0.15) is 0 Å². The van der Waals surface area contributed by atoms with Gasteiger partial charge in [-0.1, -0.05) is 30.3 Å². The van der Waals surface area contributed by atoms with Crippen molar-refractivity contribution < 1.29 is 9.59 Å². The van der Waals surface area contributed by atoms with E-state index in [9.17, 15) is 9.59 Å². The van der Waals surface area contributed by atoms with Gasteiger partial charge in [-0.25, -0.2) is 0 Å². The van der Waals surface area contributed by atoms with Gasteiger partial charge in [0, 0.05) is 18.4 Å². The Kier molecular flexibility index (Phi) is 4.51. The minimum Gasteiger partial charge on any atom is -0.295 e. The van der Waals surface area contributed by atoms with Crippen molar-refractivity contribution in [2.45, 2.75) is 39.0 Å². The minimum absolute atomic E-state index is 0.0569. The van der Waals surface area contributed by atoms with Gasteiger partial charge in [0.2, 0.25) is 0 Å². The number of hydrogen-bond donors (Lipinski definition) is 1. The lowest BCUT2D eigenvalue weighted by molar-refractivity contribution is -0.115. The Labute approximate surface area is 135 Å². The van der Waals surface area contributed by atoms with Gasteiger partial charge in [-0.2, -0.15) is 5.10 Å². The normalized spacial score (nSPS) is 15.2. The van der Waals surface area contributed by atoms with Crippen molar-refractivity contribution in [1.29, 1.82) is 0 Å². The van der Waals surface area contributed by atoms with E-state index < -0.39 is 0 Å². The summed E-state index contributed by atoms with van der Waals surface area (Å²) in [4.78, 5) is 24.8. The van der Waals surface area contributed by atoms with E-state index in [0.717, 1.165) is 36.1 Å². The molecule has 1 aliphatic rings. The summed E-state index contributed by atoms with van der Waals surface area (Å²) in [5.41, 5.74) is 3.99. The van der Waals surface area contributed by atoms with Crippen LogP contribution in [-0.4, -0.2) is 21.8 Å². The number of aromatic nitrogens is 2. The topological polar surface area (TPSA) is 62.8 Å². The van der Waals surface area contributed by atoms with Crippen LogP contribution in [0.5, 0.6) is 0 Å². The standard InChI is InChI=1S/C19H20N2O2/c1-13-7-5-6-9-15(13)19-16(12-20-21-19)18(23)11-14-8-3-2-4-10-17(14)22/h5-9,12H,2-4,10-11H2,1H3,(H,20,21). The fourth-order valence-corrected chi connectivity index (χ4v) is 2.98. The van der Waals surface area contributed by atoms with E-state index in [-0.39, 0.29) is 18.0 Å². The van der Waals surface area contributed by atoms with E-state index in [2.05, 4.69) is 10.2 Å². The van der Waals surface area contributed by atoms with Gasteiger partial charge in [0.05, 0.1) is 17.5 Å². The molecule has 0 aliphatic heterocycles. The lowest BCUT2D eigenvalue weighted by Gasteiger charge is -2.07. The maximum absolute atomic E-state index is 12.7. The van der Waals surface area contributed by atoms with Gasteiger partial charge in [-0.05, 0) is 37.3 Å². The molecule has 2 aromatic rings. The van der Waals surface area contributed by atoms with Crippen LogP contribution in [0.1, 0.15) is 48.0 Å². The van der Waals surface area contributed by atoms with Crippen LogP contribution >= 0.6 is 0 Å². The van der Waals surface area contributed by atoms with Crippen LogP contribution in [0.4, 0.5) is 0 Å². The Morgan fingerprint density at radius 2 is 2.09 bits per heavy atom. The monoisotopic (exact) mass is 308 g/mol. The van der Waals surface area contributed by atoms with Crippen molar-refractivity contribution in [3.8, 4) is 11.3 Å². The highest BCUT2D eigenvalue weighted by atomic mass is 16.1. The second kappa shape index (κ2) is 6.73. The first-order chi connectivity index (χ1) is 11.2. The molecule has 1 aliphatic carbocycles. The van der Waals surface area contributed by atoms with Crippen LogP contribution < -0.4 is 0 Å². The minimum atomic E-state index is -0.0569. The van der Waals surface area contributed by atoms with Crippen LogP contribution in [0, 0.1) is 6.92 Å². The van der Waals surface area contributed by atoms with Crippen molar-refractivity contribution in [3.05, 3.63) is 53.2 Å². The number of allylic oxidation sites excluding steroid dienone is 2. The average Bonchev–Trinajstić information content (AvgIpc) is 2.94. The molecule has 0 fully saturated rings. The van der Waals surface area contributed by atoms with Gasteiger partial charge in [0.15, 0.2) is 11.6 Å². The molecule has 0 amide bonds. The molecular formula is C19H20N2O2. The first-order valence-electron chi connectivity index (χ1n) is 8.01. The molecule has 1 N–H and O–H groups in total. The smallest absolute Gasteiger partial charge is 0.171 e. The lowest BCUT2D eigenvalue weighted by atomic mass is 9.96. The van der Waals surface area contributed by atoms with Crippen LogP contribution in [0.3, 0.4) is 0 Å². The molecule has 0 saturated carbocycles. The highest BCUT2D eigenvalue weighted by Crippen LogP contribution is 2.27. The lowest BCUT2D eigenvalue weighted by Crippen LogP contribution is -2.08. The zero-order valence-corrected chi connectivity index (χ0v) is 13.3. The molecule has 1 aromatic carbocycles. The highest BCUT2D eigenvalue weighted by molar-refractivity contribution is 6.08. The van der Waals surface area contributed by atoms with Crippen molar-refractivity contribution in [2.75, 3.05) is 0 Å². The molecule has 118 valence electrons. The van der Waals surface area contributed by atoms with Crippen LogP contribution in [0.15, 0.2) is 42.1 Å². The van der Waals surface area contributed by atoms with Gasteiger partial charge in [0.25, 0.3) is 0 Å². The van der Waals surface area contributed by atoms with Gasteiger partial charge in [-0.15, -0.1) is 0 Å². The number of Topliss-reactive ketones (excluding diaryl/α,β-unsaturated/α-hetero) is 2. The number of carbonyl (C=O) groups excluding carboxylic acids is 2. The summed E-state index contributed by atoms with van der Waals surface area (Å²) in [5, 5.41) is 6.97. The summed E-state index contributed by atoms with van der Waals surface area (Å²) in [6.07, 6.45) is 7.01. The van der Waals surface area contributed by atoms with Crippen LogP contribution in [0.2, 0.25) is 0 Å².